The van der Waals surface area contributed by atoms with E-state index in [0.29, 0.717) is 12.5 Å². The van der Waals surface area contributed by atoms with E-state index >= 15 is 0 Å². The lowest BCUT2D eigenvalue weighted by molar-refractivity contribution is -0.122. The molecule has 1 amide bonds. The number of thiophene rings is 1. The SMILES string of the molecule is CC(C)CC(C)(CN)NC(=O)C1SCCc2sccc21. The Morgan fingerprint density at radius 3 is 3.00 bits per heavy atom. The van der Waals surface area contributed by atoms with E-state index in [-0.39, 0.29) is 16.7 Å². The Hall–Kier alpha value is -0.520. The molecule has 0 aliphatic carbocycles. The lowest BCUT2D eigenvalue weighted by Gasteiger charge is -2.33. The maximum Gasteiger partial charge on any atom is 0.238 e. The maximum absolute atomic E-state index is 12.6. The second kappa shape index (κ2) is 6.50. The van der Waals surface area contributed by atoms with Crippen molar-refractivity contribution in [3.8, 4) is 0 Å². The van der Waals surface area contributed by atoms with Gasteiger partial charge in [0.15, 0.2) is 0 Å². The van der Waals surface area contributed by atoms with Gasteiger partial charge >= 0.3 is 0 Å². The molecule has 2 rings (SSSR count). The third-order valence-corrected chi connectivity index (χ3v) is 5.89. The van der Waals surface area contributed by atoms with Crippen LogP contribution < -0.4 is 11.1 Å². The summed E-state index contributed by atoms with van der Waals surface area (Å²) in [5.41, 5.74) is 6.78. The number of thioether (sulfide) groups is 1. The number of rotatable bonds is 5. The Bertz CT molecular complexity index is 472. The van der Waals surface area contributed by atoms with Crippen molar-refractivity contribution in [1.29, 1.82) is 0 Å². The van der Waals surface area contributed by atoms with Gasteiger partial charge in [0.1, 0.15) is 5.25 Å². The summed E-state index contributed by atoms with van der Waals surface area (Å²) < 4.78 is 0. The standard InChI is InChI=1S/C15H24N2OS2/c1-10(2)8-15(3,9-16)17-14(18)13-11-4-6-19-12(11)5-7-20-13/h4,6,10,13H,5,7-9,16H2,1-3H3,(H,17,18). The van der Waals surface area contributed by atoms with E-state index in [4.69, 9.17) is 5.73 Å². The minimum Gasteiger partial charge on any atom is -0.348 e. The van der Waals surface area contributed by atoms with Gasteiger partial charge in [-0.1, -0.05) is 13.8 Å². The average molecular weight is 313 g/mol. The molecule has 0 saturated carbocycles. The molecular formula is C15H24N2OS2. The van der Waals surface area contributed by atoms with Gasteiger partial charge < -0.3 is 11.1 Å². The Morgan fingerprint density at radius 1 is 1.60 bits per heavy atom. The van der Waals surface area contributed by atoms with Crippen LogP contribution in [0.2, 0.25) is 0 Å². The first-order valence-electron chi connectivity index (χ1n) is 7.15. The maximum atomic E-state index is 12.6. The zero-order valence-corrected chi connectivity index (χ0v) is 14.1. The zero-order valence-electron chi connectivity index (χ0n) is 12.4. The number of aryl methyl sites for hydroxylation is 1. The molecule has 1 aromatic rings. The van der Waals surface area contributed by atoms with E-state index in [1.807, 2.05) is 6.92 Å². The number of nitrogens with two attached hydrogens (primary N) is 1. The van der Waals surface area contributed by atoms with Gasteiger partial charge in [0, 0.05) is 17.0 Å². The van der Waals surface area contributed by atoms with Crippen LogP contribution in [0, 0.1) is 5.92 Å². The van der Waals surface area contributed by atoms with Gasteiger partial charge in [-0.15, -0.1) is 23.1 Å². The van der Waals surface area contributed by atoms with E-state index in [2.05, 4.69) is 30.6 Å². The Labute approximate surface area is 129 Å². The van der Waals surface area contributed by atoms with Gasteiger partial charge in [0.25, 0.3) is 0 Å². The molecule has 0 spiro atoms. The van der Waals surface area contributed by atoms with Crippen LogP contribution in [0.5, 0.6) is 0 Å². The highest BCUT2D eigenvalue weighted by Crippen LogP contribution is 2.39. The Kier molecular flexibility index (Phi) is 5.15. The fourth-order valence-electron chi connectivity index (χ4n) is 2.81. The third-order valence-electron chi connectivity index (χ3n) is 3.65. The van der Waals surface area contributed by atoms with Crippen molar-refractivity contribution in [3.05, 3.63) is 21.9 Å². The van der Waals surface area contributed by atoms with Crippen LogP contribution in [0.4, 0.5) is 0 Å². The first-order valence-corrected chi connectivity index (χ1v) is 9.08. The number of carbonyl (C=O) groups excluding carboxylic acids is 1. The van der Waals surface area contributed by atoms with Crippen LogP contribution in [0.3, 0.4) is 0 Å². The molecule has 1 aliphatic heterocycles. The van der Waals surface area contributed by atoms with Gasteiger partial charge in [-0.2, -0.15) is 0 Å². The summed E-state index contributed by atoms with van der Waals surface area (Å²) in [5.74, 6) is 1.65. The quantitative estimate of drug-likeness (QED) is 0.879. The number of hydrogen-bond acceptors (Lipinski definition) is 4. The van der Waals surface area contributed by atoms with Crippen molar-refractivity contribution in [2.24, 2.45) is 11.7 Å². The molecule has 2 heterocycles. The average Bonchev–Trinajstić information content (AvgIpc) is 2.85. The highest BCUT2D eigenvalue weighted by atomic mass is 32.2. The Morgan fingerprint density at radius 2 is 2.35 bits per heavy atom. The summed E-state index contributed by atoms with van der Waals surface area (Å²) in [6.07, 6.45) is 1.99. The second-order valence-corrected chi connectivity index (χ2v) is 8.37. The second-order valence-electron chi connectivity index (χ2n) is 6.15. The molecule has 20 heavy (non-hydrogen) atoms. The van der Waals surface area contributed by atoms with E-state index in [1.165, 1.54) is 10.4 Å². The number of carbonyl (C=O) groups is 1. The lowest BCUT2D eigenvalue weighted by Crippen LogP contribution is -2.53. The molecule has 3 N–H and O–H groups in total. The summed E-state index contributed by atoms with van der Waals surface area (Å²) in [7, 11) is 0. The van der Waals surface area contributed by atoms with Crippen molar-refractivity contribution in [1.82, 2.24) is 5.32 Å². The van der Waals surface area contributed by atoms with Crippen LogP contribution in [-0.4, -0.2) is 23.7 Å². The molecule has 0 fully saturated rings. The Balaban J connectivity index is 2.09. The molecule has 0 bridgehead atoms. The summed E-state index contributed by atoms with van der Waals surface area (Å²) >= 11 is 3.51. The van der Waals surface area contributed by atoms with Gasteiger partial charge in [0.05, 0.1) is 0 Å². The molecule has 0 saturated heterocycles. The predicted octanol–water partition coefficient (Wildman–Crippen LogP) is 2.96. The van der Waals surface area contributed by atoms with Crippen molar-refractivity contribution >= 4 is 29.0 Å². The molecule has 2 atom stereocenters. The van der Waals surface area contributed by atoms with E-state index < -0.39 is 0 Å². The normalized spacial score (nSPS) is 21.4. The number of nitrogens with one attached hydrogen (secondary N) is 1. The largest absolute Gasteiger partial charge is 0.348 e. The van der Waals surface area contributed by atoms with Crippen molar-refractivity contribution in [2.75, 3.05) is 12.3 Å². The van der Waals surface area contributed by atoms with E-state index in [9.17, 15) is 4.79 Å². The molecular weight excluding hydrogens is 288 g/mol. The van der Waals surface area contributed by atoms with Crippen LogP contribution in [0.25, 0.3) is 0 Å². The fourth-order valence-corrected chi connectivity index (χ4v) is 5.11. The van der Waals surface area contributed by atoms with Crippen LogP contribution in [0.15, 0.2) is 11.4 Å². The third kappa shape index (κ3) is 3.57. The molecule has 2 unspecified atom stereocenters. The summed E-state index contributed by atoms with van der Waals surface area (Å²) in [4.78, 5) is 14.0. The molecule has 3 nitrogen and oxygen atoms in total. The minimum atomic E-state index is -0.306. The number of amides is 1. The van der Waals surface area contributed by atoms with Gasteiger partial charge in [0.2, 0.25) is 5.91 Å². The lowest BCUT2D eigenvalue weighted by atomic mass is 9.90. The first kappa shape index (κ1) is 15.9. The van der Waals surface area contributed by atoms with Gasteiger partial charge in [-0.25, -0.2) is 0 Å². The first-order chi connectivity index (χ1) is 9.45. The van der Waals surface area contributed by atoms with Crippen molar-refractivity contribution in [3.63, 3.8) is 0 Å². The zero-order chi connectivity index (χ0) is 14.8. The summed E-state index contributed by atoms with van der Waals surface area (Å²) in [6, 6.07) is 2.10. The van der Waals surface area contributed by atoms with Gasteiger partial charge in [-0.3, -0.25) is 4.79 Å². The van der Waals surface area contributed by atoms with E-state index in [0.717, 1.165) is 18.6 Å². The molecule has 5 heteroatoms. The van der Waals surface area contributed by atoms with Crippen molar-refractivity contribution in [2.45, 2.75) is 44.4 Å². The minimum absolute atomic E-state index is 0.0666. The molecule has 1 aromatic heterocycles. The summed E-state index contributed by atoms with van der Waals surface area (Å²) in [6.45, 7) is 6.84. The topological polar surface area (TPSA) is 55.1 Å². The summed E-state index contributed by atoms with van der Waals surface area (Å²) in [5, 5.41) is 5.22. The number of hydrogen-bond donors (Lipinski definition) is 2. The highest BCUT2D eigenvalue weighted by Gasteiger charge is 2.33. The van der Waals surface area contributed by atoms with Crippen LogP contribution in [0.1, 0.15) is 42.9 Å². The molecule has 112 valence electrons. The predicted molar refractivity (Wildman–Crippen MR) is 88.3 cm³/mol. The highest BCUT2D eigenvalue weighted by molar-refractivity contribution is 8.00. The monoisotopic (exact) mass is 312 g/mol. The number of fused-ring (bicyclic) bond motifs is 1. The van der Waals surface area contributed by atoms with Crippen LogP contribution in [-0.2, 0) is 11.2 Å². The molecule has 0 aromatic carbocycles. The molecule has 1 aliphatic rings. The van der Waals surface area contributed by atoms with Crippen LogP contribution >= 0.6 is 23.1 Å². The van der Waals surface area contributed by atoms with E-state index in [1.54, 1.807) is 23.1 Å². The smallest absolute Gasteiger partial charge is 0.238 e. The fraction of sp³-hybridized carbons (Fsp3) is 0.667. The van der Waals surface area contributed by atoms with Gasteiger partial charge in [-0.05, 0) is 48.4 Å². The van der Waals surface area contributed by atoms with Crippen molar-refractivity contribution < 1.29 is 4.79 Å². The molecule has 0 radical (unpaired) electrons.